The lowest BCUT2D eigenvalue weighted by atomic mass is 9.96. The molecule has 0 saturated carbocycles. The number of nitrogens with zero attached hydrogens (tertiary/aromatic N) is 2. The van der Waals surface area contributed by atoms with Crippen molar-refractivity contribution in [3.8, 4) is 0 Å². The van der Waals surface area contributed by atoms with E-state index < -0.39 is 11.6 Å². The molecule has 2 aromatic rings. The number of nitrogens with one attached hydrogen (secondary N) is 2. The maximum Gasteiger partial charge on any atom is 0.251 e. The lowest BCUT2D eigenvalue weighted by molar-refractivity contribution is -0.136. The molecule has 4 heterocycles. The molecule has 128 valence electrons. The van der Waals surface area contributed by atoms with Crippen LogP contribution in [0.3, 0.4) is 0 Å². The number of amides is 1. The van der Waals surface area contributed by atoms with Gasteiger partial charge >= 0.3 is 0 Å². The largest absolute Gasteiger partial charge is 0.378 e. The van der Waals surface area contributed by atoms with Crippen LogP contribution in [-0.2, 0) is 19.8 Å². The number of carbonyl (C=O) groups is 1. The molecular formula is C17H22N4O3. The Hall–Kier alpha value is -1.96. The number of carbonyl (C=O) groups excluding carboxylic acids is 1. The van der Waals surface area contributed by atoms with Gasteiger partial charge in [0, 0.05) is 32.3 Å². The highest BCUT2D eigenvalue weighted by molar-refractivity contribution is 5.82. The van der Waals surface area contributed by atoms with Crippen LogP contribution in [0, 0.1) is 6.92 Å². The Morgan fingerprint density at radius 1 is 1.50 bits per heavy atom. The van der Waals surface area contributed by atoms with Crippen LogP contribution in [-0.4, -0.2) is 54.3 Å². The average molecular weight is 330 g/mol. The first-order chi connectivity index (χ1) is 11.7. The predicted octanol–water partition coefficient (Wildman–Crippen LogP) is 0.363. The highest BCUT2D eigenvalue weighted by Crippen LogP contribution is 2.31. The Morgan fingerprint density at radius 2 is 2.42 bits per heavy atom. The second-order valence-corrected chi connectivity index (χ2v) is 6.47. The summed E-state index contributed by atoms with van der Waals surface area (Å²) in [5, 5.41) is 6.35. The number of pyridine rings is 1. The molecule has 0 bridgehead atoms. The van der Waals surface area contributed by atoms with Crippen LogP contribution in [0.5, 0.6) is 0 Å². The van der Waals surface area contributed by atoms with Crippen molar-refractivity contribution in [2.45, 2.75) is 25.0 Å². The number of ether oxygens (including phenoxy) is 2. The quantitative estimate of drug-likeness (QED) is 0.850. The van der Waals surface area contributed by atoms with Crippen LogP contribution in [0.1, 0.15) is 17.8 Å². The van der Waals surface area contributed by atoms with E-state index in [4.69, 9.17) is 9.47 Å². The van der Waals surface area contributed by atoms with E-state index in [2.05, 4.69) is 28.6 Å². The molecule has 0 aromatic carbocycles. The van der Waals surface area contributed by atoms with E-state index in [1.165, 1.54) is 0 Å². The van der Waals surface area contributed by atoms with Crippen molar-refractivity contribution in [3.05, 3.63) is 35.9 Å². The molecule has 0 aliphatic carbocycles. The summed E-state index contributed by atoms with van der Waals surface area (Å²) in [6.07, 6.45) is 4.07. The van der Waals surface area contributed by atoms with Gasteiger partial charge in [0.1, 0.15) is 17.5 Å². The molecular weight excluding hydrogens is 308 g/mol. The number of hydrogen-bond donors (Lipinski definition) is 2. The summed E-state index contributed by atoms with van der Waals surface area (Å²) in [6.45, 7) is 4.94. The van der Waals surface area contributed by atoms with E-state index in [1.54, 1.807) is 0 Å². The van der Waals surface area contributed by atoms with E-state index >= 15 is 0 Å². The third-order valence-corrected chi connectivity index (χ3v) is 4.81. The molecule has 0 radical (unpaired) electrons. The molecule has 0 spiro atoms. The summed E-state index contributed by atoms with van der Waals surface area (Å²) in [5.74, 6) is 0.702. The van der Waals surface area contributed by atoms with Crippen molar-refractivity contribution in [2.24, 2.45) is 0 Å². The number of aromatic nitrogens is 2. The Bertz CT molecular complexity index is 745. The van der Waals surface area contributed by atoms with Crippen molar-refractivity contribution in [2.75, 3.05) is 32.9 Å². The van der Waals surface area contributed by atoms with Gasteiger partial charge in [-0.05, 0) is 18.6 Å². The number of rotatable bonds is 3. The van der Waals surface area contributed by atoms with Crippen molar-refractivity contribution >= 4 is 11.4 Å². The minimum absolute atomic E-state index is 0.114. The Labute approximate surface area is 140 Å². The van der Waals surface area contributed by atoms with Gasteiger partial charge in [0.2, 0.25) is 0 Å². The summed E-state index contributed by atoms with van der Waals surface area (Å²) in [5.41, 5.74) is 1.58. The summed E-state index contributed by atoms with van der Waals surface area (Å²) in [7, 11) is 0. The van der Waals surface area contributed by atoms with Crippen LogP contribution in [0.15, 0.2) is 24.5 Å². The van der Waals surface area contributed by atoms with Crippen LogP contribution in [0.25, 0.3) is 5.52 Å². The molecule has 1 unspecified atom stereocenters. The first-order valence-corrected chi connectivity index (χ1v) is 8.35. The van der Waals surface area contributed by atoms with Crippen molar-refractivity contribution in [1.29, 1.82) is 0 Å². The maximum absolute atomic E-state index is 12.7. The number of hydrogen-bond acceptors (Lipinski definition) is 5. The zero-order valence-corrected chi connectivity index (χ0v) is 13.7. The zero-order valence-electron chi connectivity index (χ0n) is 13.7. The lowest BCUT2D eigenvalue weighted by Crippen LogP contribution is -2.55. The topological polar surface area (TPSA) is 76.9 Å². The van der Waals surface area contributed by atoms with Gasteiger partial charge in [-0.2, -0.15) is 0 Å². The molecule has 1 amide bonds. The van der Waals surface area contributed by atoms with Gasteiger partial charge < -0.3 is 24.5 Å². The second-order valence-electron chi connectivity index (χ2n) is 6.47. The fraction of sp³-hybridized carbons (Fsp3) is 0.529. The van der Waals surface area contributed by atoms with Crippen LogP contribution >= 0.6 is 0 Å². The fourth-order valence-corrected chi connectivity index (χ4v) is 3.46. The highest BCUT2D eigenvalue weighted by Gasteiger charge is 2.43. The number of imidazole rings is 1. The third-order valence-electron chi connectivity index (χ3n) is 4.81. The van der Waals surface area contributed by atoms with Crippen LogP contribution < -0.4 is 10.6 Å². The van der Waals surface area contributed by atoms with Gasteiger partial charge in [-0.25, -0.2) is 4.98 Å². The molecule has 2 aliphatic heterocycles. The molecule has 2 fully saturated rings. The molecule has 2 saturated heterocycles. The fourth-order valence-electron chi connectivity index (χ4n) is 3.46. The maximum atomic E-state index is 12.7. The Balaban J connectivity index is 1.67. The number of fused-ring (bicyclic) bond motifs is 1. The molecule has 2 aliphatic rings. The van der Waals surface area contributed by atoms with E-state index in [9.17, 15) is 4.79 Å². The predicted molar refractivity (Wildman–Crippen MR) is 87.8 cm³/mol. The third kappa shape index (κ3) is 2.58. The summed E-state index contributed by atoms with van der Waals surface area (Å²) < 4.78 is 13.2. The van der Waals surface area contributed by atoms with E-state index in [0.29, 0.717) is 32.8 Å². The van der Waals surface area contributed by atoms with Gasteiger partial charge in [-0.3, -0.25) is 4.79 Å². The summed E-state index contributed by atoms with van der Waals surface area (Å²) in [4.78, 5) is 17.3. The monoisotopic (exact) mass is 330 g/mol. The average Bonchev–Trinajstić information content (AvgIpc) is 3.24. The highest BCUT2D eigenvalue weighted by atomic mass is 16.5. The molecule has 24 heavy (non-hydrogen) atoms. The Morgan fingerprint density at radius 3 is 3.17 bits per heavy atom. The summed E-state index contributed by atoms with van der Waals surface area (Å²) >= 11 is 0. The SMILES string of the molecule is Cc1cccn2c(C3(NC(=O)[C@@H]4CNCCO4)CCOC3)ncc12. The van der Waals surface area contributed by atoms with Crippen molar-refractivity contribution < 1.29 is 14.3 Å². The van der Waals surface area contributed by atoms with E-state index in [0.717, 1.165) is 23.4 Å². The molecule has 2 atom stereocenters. The van der Waals surface area contributed by atoms with Gasteiger partial charge in [0.25, 0.3) is 5.91 Å². The van der Waals surface area contributed by atoms with Gasteiger partial charge in [-0.15, -0.1) is 0 Å². The number of aryl methyl sites for hydroxylation is 1. The first kappa shape index (κ1) is 15.6. The van der Waals surface area contributed by atoms with Crippen molar-refractivity contribution in [3.63, 3.8) is 0 Å². The molecule has 2 N–H and O–H groups in total. The Kier molecular flexibility index (Phi) is 3.99. The normalized spacial score (nSPS) is 27.5. The van der Waals surface area contributed by atoms with Gasteiger partial charge in [-0.1, -0.05) is 6.07 Å². The first-order valence-electron chi connectivity index (χ1n) is 8.35. The van der Waals surface area contributed by atoms with E-state index in [-0.39, 0.29) is 5.91 Å². The standard InChI is InChI=1S/C17H22N4O3/c1-12-3-2-6-21-13(12)9-19-16(21)17(4-7-23-11-17)20-15(22)14-10-18-5-8-24-14/h2-3,6,9,14,18H,4-5,7-8,10-11H2,1H3,(H,20,22)/t14-,17?/m0/s1. The van der Waals surface area contributed by atoms with Gasteiger partial charge in [0.05, 0.1) is 24.9 Å². The zero-order chi connectivity index (χ0) is 16.6. The van der Waals surface area contributed by atoms with Crippen LogP contribution in [0.2, 0.25) is 0 Å². The molecule has 7 heteroatoms. The second kappa shape index (κ2) is 6.16. The smallest absolute Gasteiger partial charge is 0.251 e. The van der Waals surface area contributed by atoms with Gasteiger partial charge in [0.15, 0.2) is 0 Å². The minimum Gasteiger partial charge on any atom is -0.378 e. The van der Waals surface area contributed by atoms with Crippen LogP contribution in [0.4, 0.5) is 0 Å². The minimum atomic E-state index is -0.613. The number of morpholine rings is 1. The van der Waals surface area contributed by atoms with Crippen molar-refractivity contribution in [1.82, 2.24) is 20.0 Å². The molecule has 7 nitrogen and oxygen atoms in total. The molecule has 2 aromatic heterocycles. The molecule has 4 rings (SSSR count). The lowest BCUT2D eigenvalue weighted by Gasteiger charge is -2.31. The van der Waals surface area contributed by atoms with E-state index in [1.807, 2.05) is 22.9 Å². The summed E-state index contributed by atoms with van der Waals surface area (Å²) in [6, 6.07) is 4.05.